The standard InChI is InChI=1S/C12H6O4/c1-3-11(13)15-9-6-5-7-10(8-9)16-12(14)4-2/h1-2,5-8H. The molecule has 0 amide bonds. The van der Waals surface area contributed by atoms with Crippen molar-refractivity contribution in [3.63, 3.8) is 0 Å². The van der Waals surface area contributed by atoms with Gasteiger partial charge >= 0.3 is 11.9 Å². The van der Waals surface area contributed by atoms with Gasteiger partial charge in [0.15, 0.2) is 0 Å². The van der Waals surface area contributed by atoms with Crippen LogP contribution in [0.1, 0.15) is 0 Å². The maximum Gasteiger partial charge on any atom is 0.389 e. The van der Waals surface area contributed by atoms with E-state index in [0.717, 1.165) is 0 Å². The molecular formula is C12H6O4. The maximum atomic E-state index is 10.8. The lowest BCUT2D eigenvalue weighted by molar-refractivity contribution is -0.128. The molecule has 0 unspecified atom stereocenters. The van der Waals surface area contributed by atoms with Crippen molar-refractivity contribution >= 4 is 11.9 Å². The summed E-state index contributed by atoms with van der Waals surface area (Å²) < 4.78 is 9.40. The molecule has 0 radical (unpaired) electrons. The SMILES string of the molecule is C#CC(=O)Oc1cccc(OC(=O)C#C)c1. The average Bonchev–Trinajstić information content (AvgIpc) is 2.29. The fourth-order valence-electron chi connectivity index (χ4n) is 0.874. The third-order valence-electron chi connectivity index (χ3n) is 1.46. The van der Waals surface area contributed by atoms with Crippen molar-refractivity contribution < 1.29 is 19.1 Å². The van der Waals surface area contributed by atoms with E-state index in [1.165, 1.54) is 24.3 Å². The molecule has 0 aliphatic heterocycles. The number of ether oxygens (including phenoxy) is 2. The minimum Gasteiger partial charge on any atom is -0.417 e. The Balaban J connectivity index is 2.80. The number of esters is 2. The molecule has 0 aliphatic carbocycles. The van der Waals surface area contributed by atoms with E-state index in [2.05, 4.69) is 0 Å². The zero-order valence-electron chi connectivity index (χ0n) is 8.10. The smallest absolute Gasteiger partial charge is 0.389 e. The maximum absolute atomic E-state index is 10.8. The number of carbonyl (C=O) groups is 2. The minimum absolute atomic E-state index is 0.172. The minimum atomic E-state index is -0.833. The Morgan fingerprint density at radius 1 is 1.00 bits per heavy atom. The van der Waals surface area contributed by atoms with Crippen LogP contribution in [0.15, 0.2) is 24.3 Å². The van der Waals surface area contributed by atoms with Crippen LogP contribution >= 0.6 is 0 Å². The molecule has 1 aromatic carbocycles. The Labute approximate surface area is 92.2 Å². The lowest BCUT2D eigenvalue weighted by Gasteiger charge is -2.03. The molecule has 0 saturated carbocycles. The van der Waals surface area contributed by atoms with Crippen molar-refractivity contribution in [2.75, 3.05) is 0 Å². The Morgan fingerprint density at radius 2 is 1.44 bits per heavy atom. The molecule has 0 heterocycles. The first-order valence-corrected chi connectivity index (χ1v) is 4.12. The van der Waals surface area contributed by atoms with Gasteiger partial charge in [-0.15, -0.1) is 12.8 Å². The summed E-state index contributed by atoms with van der Waals surface area (Å²) >= 11 is 0. The van der Waals surface area contributed by atoms with Crippen molar-refractivity contribution in [2.24, 2.45) is 0 Å². The van der Waals surface area contributed by atoms with E-state index < -0.39 is 11.9 Å². The summed E-state index contributed by atoms with van der Waals surface area (Å²) in [6.45, 7) is 0. The Morgan fingerprint density at radius 3 is 1.81 bits per heavy atom. The molecule has 4 nitrogen and oxygen atoms in total. The number of hydrogen-bond donors (Lipinski definition) is 0. The van der Waals surface area contributed by atoms with Crippen LogP contribution in [0.4, 0.5) is 0 Å². The van der Waals surface area contributed by atoms with E-state index >= 15 is 0 Å². The fourth-order valence-corrected chi connectivity index (χ4v) is 0.874. The summed E-state index contributed by atoms with van der Waals surface area (Å²) in [7, 11) is 0. The molecule has 0 spiro atoms. The van der Waals surface area contributed by atoms with Gasteiger partial charge in [0.2, 0.25) is 0 Å². The van der Waals surface area contributed by atoms with Crippen molar-refractivity contribution in [3.8, 4) is 36.2 Å². The van der Waals surface area contributed by atoms with E-state index in [1.807, 2.05) is 0 Å². The Bertz CT molecular complexity index is 459. The molecule has 0 atom stereocenters. The summed E-state index contributed by atoms with van der Waals surface area (Å²) in [5.74, 6) is 2.24. The van der Waals surface area contributed by atoms with Crippen molar-refractivity contribution in [1.29, 1.82) is 0 Å². The van der Waals surface area contributed by atoms with Crippen molar-refractivity contribution in [3.05, 3.63) is 24.3 Å². The van der Waals surface area contributed by atoms with Gasteiger partial charge in [0.1, 0.15) is 11.5 Å². The lowest BCUT2D eigenvalue weighted by atomic mass is 10.3. The Kier molecular flexibility index (Phi) is 3.71. The number of terminal acetylenes is 2. The van der Waals surface area contributed by atoms with E-state index in [9.17, 15) is 9.59 Å². The van der Waals surface area contributed by atoms with Crippen LogP contribution < -0.4 is 9.47 Å². The molecule has 0 fully saturated rings. The largest absolute Gasteiger partial charge is 0.417 e. The molecule has 0 aromatic heterocycles. The summed E-state index contributed by atoms with van der Waals surface area (Å²) in [6.07, 6.45) is 9.65. The van der Waals surface area contributed by atoms with Gasteiger partial charge in [-0.25, -0.2) is 9.59 Å². The molecule has 4 heteroatoms. The highest BCUT2D eigenvalue weighted by atomic mass is 16.5. The van der Waals surface area contributed by atoms with Gasteiger partial charge in [0.25, 0.3) is 0 Å². The van der Waals surface area contributed by atoms with Gasteiger partial charge in [0, 0.05) is 17.9 Å². The summed E-state index contributed by atoms with van der Waals surface area (Å²) in [5, 5.41) is 0. The molecular weight excluding hydrogens is 208 g/mol. The molecule has 0 N–H and O–H groups in total. The highest BCUT2D eigenvalue weighted by Crippen LogP contribution is 2.19. The fraction of sp³-hybridized carbons (Fsp3) is 0. The average molecular weight is 214 g/mol. The monoisotopic (exact) mass is 214 g/mol. The number of rotatable bonds is 2. The second-order valence-electron chi connectivity index (χ2n) is 2.54. The van der Waals surface area contributed by atoms with Gasteiger partial charge in [-0.3, -0.25) is 0 Å². The van der Waals surface area contributed by atoms with Crippen molar-refractivity contribution in [2.45, 2.75) is 0 Å². The predicted octanol–water partition coefficient (Wildman–Crippen LogP) is 0.764. The first kappa shape index (κ1) is 11.4. The lowest BCUT2D eigenvalue weighted by Crippen LogP contribution is -2.06. The number of hydrogen-bond acceptors (Lipinski definition) is 4. The highest BCUT2D eigenvalue weighted by Gasteiger charge is 2.04. The second kappa shape index (κ2) is 5.23. The molecule has 16 heavy (non-hydrogen) atoms. The predicted molar refractivity (Wildman–Crippen MR) is 55.4 cm³/mol. The van der Waals surface area contributed by atoms with Crippen LogP contribution in [0.2, 0.25) is 0 Å². The first-order chi connectivity index (χ1) is 7.65. The summed E-state index contributed by atoms with van der Waals surface area (Å²) in [4.78, 5) is 21.5. The van der Waals surface area contributed by atoms with Crippen LogP contribution in [0.3, 0.4) is 0 Å². The van der Waals surface area contributed by atoms with Crippen LogP contribution in [0.5, 0.6) is 11.5 Å². The molecule has 0 saturated heterocycles. The van der Waals surface area contributed by atoms with E-state index in [4.69, 9.17) is 22.3 Å². The second-order valence-corrected chi connectivity index (χ2v) is 2.54. The van der Waals surface area contributed by atoms with E-state index in [0.29, 0.717) is 0 Å². The normalized spacial score (nSPS) is 8.38. The van der Waals surface area contributed by atoms with Gasteiger partial charge in [0.05, 0.1) is 0 Å². The van der Waals surface area contributed by atoms with Crippen LogP contribution in [0.25, 0.3) is 0 Å². The summed E-state index contributed by atoms with van der Waals surface area (Å²) in [6, 6.07) is 5.83. The van der Waals surface area contributed by atoms with Crippen LogP contribution in [-0.2, 0) is 9.59 Å². The third kappa shape index (κ3) is 3.21. The molecule has 1 aromatic rings. The zero-order valence-corrected chi connectivity index (χ0v) is 8.10. The van der Waals surface area contributed by atoms with Gasteiger partial charge in [-0.05, 0) is 12.1 Å². The molecule has 1 rings (SSSR count). The first-order valence-electron chi connectivity index (χ1n) is 4.12. The number of carbonyl (C=O) groups excluding carboxylic acids is 2. The quantitative estimate of drug-likeness (QED) is 0.316. The molecule has 0 bridgehead atoms. The molecule has 78 valence electrons. The highest BCUT2D eigenvalue weighted by molar-refractivity contribution is 5.90. The van der Waals surface area contributed by atoms with Gasteiger partial charge in [-0.1, -0.05) is 6.07 Å². The van der Waals surface area contributed by atoms with Crippen LogP contribution in [-0.4, -0.2) is 11.9 Å². The Hall–Kier alpha value is -2.72. The van der Waals surface area contributed by atoms with E-state index in [-0.39, 0.29) is 11.5 Å². The number of benzene rings is 1. The van der Waals surface area contributed by atoms with E-state index in [1.54, 1.807) is 11.8 Å². The van der Waals surface area contributed by atoms with Gasteiger partial charge < -0.3 is 9.47 Å². The topological polar surface area (TPSA) is 52.6 Å². The van der Waals surface area contributed by atoms with Crippen molar-refractivity contribution in [1.82, 2.24) is 0 Å². The third-order valence-corrected chi connectivity index (χ3v) is 1.46. The summed E-state index contributed by atoms with van der Waals surface area (Å²) in [5.41, 5.74) is 0. The molecule has 0 aliphatic rings. The van der Waals surface area contributed by atoms with Gasteiger partial charge in [-0.2, -0.15) is 0 Å². The zero-order chi connectivity index (χ0) is 12.0. The van der Waals surface area contributed by atoms with Crippen LogP contribution in [0, 0.1) is 24.7 Å².